The van der Waals surface area contributed by atoms with Gasteiger partial charge in [-0.1, -0.05) is 0 Å². The van der Waals surface area contributed by atoms with Crippen LogP contribution in [0.1, 0.15) is 0 Å². The molecule has 1 heterocycles. The Balaban J connectivity index is 3.05. The van der Waals surface area contributed by atoms with E-state index in [-0.39, 0.29) is 0 Å². The van der Waals surface area contributed by atoms with Crippen LogP contribution in [0.25, 0.3) is 0 Å². The summed E-state index contributed by atoms with van der Waals surface area (Å²) in [7, 11) is 0. The number of hydrogen-bond acceptors (Lipinski definition) is 4. The van der Waals surface area contributed by atoms with Gasteiger partial charge in [-0.05, 0) is 5.21 Å². The Kier molecular flexibility index (Phi) is 0.474. The molecule has 1 aromatic rings. The summed E-state index contributed by atoms with van der Waals surface area (Å²) in [5.74, 6) is 0. The molecule has 0 saturated heterocycles. The lowest BCUT2D eigenvalue weighted by atomic mass is 11.4. The maximum Gasteiger partial charge on any atom is 0.165 e. The molecule has 6 heavy (non-hydrogen) atoms. The summed E-state index contributed by atoms with van der Waals surface area (Å²) in [6.45, 7) is 0. The minimum atomic E-state index is 0.389. The summed E-state index contributed by atoms with van der Waals surface area (Å²) in [6.07, 6.45) is 1.14. The maximum absolute atomic E-state index is 8.10. The molecule has 0 atom stereocenters. The highest BCUT2D eigenvalue weighted by molar-refractivity contribution is 4.27. The Morgan fingerprint density at radius 1 is 1.67 bits per heavy atom. The predicted octanol–water partition coefficient (Wildman–Crippen LogP) is -1.09. The van der Waals surface area contributed by atoms with Crippen LogP contribution in [-0.2, 0) is 0 Å². The van der Waals surface area contributed by atoms with Gasteiger partial charge in [0, 0.05) is 4.96 Å². The van der Waals surface area contributed by atoms with E-state index < -0.39 is 0 Å². The summed E-state index contributed by atoms with van der Waals surface area (Å²) in [5, 5.41) is 17.5. The van der Waals surface area contributed by atoms with Crippen molar-refractivity contribution in [1.29, 1.82) is 0 Å². The monoisotopic (exact) mass is 86.0 g/mol. The van der Waals surface area contributed by atoms with Gasteiger partial charge in [0.15, 0.2) is 6.33 Å². The SMILES string of the molecule is On1ncnn1. The van der Waals surface area contributed by atoms with Gasteiger partial charge in [0.25, 0.3) is 0 Å². The molecule has 1 aromatic heterocycles. The topological polar surface area (TPSA) is 63.8 Å². The molecule has 0 aliphatic rings. The van der Waals surface area contributed by atoms with E-state index in [1.165, 1.54) is 0 Å². The highest BCUT2D eigenvalue weighted by Gasteiger charge is 1.75. The number of aromatic nitrogens is 4. The molecule has 32 valence electrons. The quantitative estimate of drug-likeness (QED) is 0.407. The van der Waals surface area contributed by atoms with Gasteiger partial charge in [0.1, 0.15) is 0 Å². The maximum atomic E-state index is 8.10. The first-order valence-electron chi connectivity index (χ1n) is 1.32. The number of nitrogens with zero attached hydrogens (tertiary/aromatic N) is 4. The molecule has 0 spiro atoms. The highest BCUT2D eigenvalue weighted by Crippen LogP contribution is 1.54. The van der Waals surface area contributed by atoms with Crippen LogP contribution < -0.4 is 0 Å². The fourth-order valence-corrected chi connectivity index (χ4v) is 0.162. The van der Waals surface area contributed by atoms with Crippen LogP contribution in [0.2, 0.25) is 0 Å². The molecular formula is CH2N4O. The lowest BCUT2D eigenvalue weighted by molar-refractivity contribution is 0.106. The molecule has 0 aliphatic heterocycles. The number of tetrazole rings is 1. The van der Waals surface area contributed by atoms with Crippen LogP contribution in [0.3, 0.4) is 0 Å². The van der Waals surface area contributed by atoms with Gasteiger partial charge in [-0.3, -0.25) is 0 Å². The minimum absolute atomic E-state index is 0.389. The lowest BCUT2D eigenvalue weighted by Crippen LogP contribution is -1.93. The second-order valence-corrected chi connectivity index (χ2v) is 0.704. The molecule has 1 rings (SSSR count). The molecule has 0 amide bonds. The summed E-state index contributed by atoms with van der Waals surface area (Å²) in [5.41, 5.74) is 0. The zero-order valence-electron chi connectivity index (χ0n) is 2.81. The number of rotatable bonds is 0. The molecule has 5 heteroatoms. The van der Waals surface area contributed by atoms with Crippen LogP contribution in [-0.4, -0.2) is 25.6 Å². The molecular weight excluding hydrogens is 84.0 g/mol. The van der Waals surface area contributed by atoms with Crippen LogP contribution >= 0.6 is 0 Å². The molecule has 5 nitrogen and oxygen atoms in total. The zero-order valence-corrected chi connectivity index (χ0v) is 2.81. The third kappa shape index (κ3) is 0.291. The van der Waals surface area contributed by atoms with Crippen molar-refractivity contribution in [2.24, 2.45) is 0 Å². The van der Waals surface area contributed by atoms with E-state index in [0.29, 0.717) is 4.96 Å². The third-order valence-corrected chi connectivity index (χ3v) is 0.338. The van der Waals surface area contributed by atoms with Crippen molar-refractivity contribution < 1.29 is 5.21 Å². The number of hydrogen-bond donors (Lipinski definition) is 1. The smallest absolute Gasteiger partial charge is 0.165 e. The summed E-state index contributed by atoms with van der Waals surface area (Å²) < 4.78 is 0. The van der Waals surface area contributed by atoms with E-state index in [1.54, 1.807) is 0 Å². The van der Waals surface area contributed by atoms with Crippen molar-refractivity contribution in [2.75, 3.05) is 0 Å². The van der Waals surface area contributed by atoms with Crippen molar-refractivity contribution in [1.82, 2.24) is 20.4 Å². The standard InChI is InChI=1S/CH2N4O/c6-5-3-1-2-4-5/h1,6H. The van der Waals surface area contributed by atoms with Crippen LogP contribution in [0, 0.1) is 0 Å². The van der Waals surface area contributed by atoms with Crippen molar-refractivity contribution in [3.05, 3.63) is 6.33 Å². The summed E-state index contributed by atoms with van der Waals surface area (Å²) in [4.78, 5) is 0.389. The summed E-state index contributed by atoms with van der Waals surface area (Å²) in [6, 6.07) is 0. The first kappa shape index (κ1) is 3.08. The van der Waals surface area contributed by atoms with Gasteiger partial charge in [0.2, 0.25) is 0 Å². The molecule has 0 aliphatic carbocycles. The summed E-state index contributed by atoms with van der Waals surface area (Å²) >= 11 is 0. The average molecular weight is 86.1 g/mol. The highest BCUT2D eigenvalue weighted by atomic mass is 16.5. The molecule has 0 bridgehead atoms. The normalized spacial score (nSPS) is 8.67. The fraction of sp³-hybridized carbons (Fsp3) is 0. The van der Waals surface area contributed by atoms with Crippen molar-refractivity contribution >= 4 is 0 Å². The van der Waals surface area contributed by atoms with Gasteiger partial charge in [-0.25, -0.2) is 0 Å². The van der Waals surface area contributed by atoms with Crippen molar-refractivity contribution in [3.8, 4) is 0 Å². The van der Waals surface area contributed by atoms with E-state index in [9.17, 15) is 0 Å². The Morgan fingerprint density at radius 2 is 2.50 bits per heavy atom. The first-order chi connectivity index (χ1) is 2.89. The van der Waals surface area contributed by atoms with Crippen molar-refractivity contribution in [2.45, 2.75) is 0 Å². The van der Waals surface area contributed by atoms with Gasteiger partial charge in [-0.2, -0.15) is 0 Å². The van der Waals surface area contributed by atoms with Crippen LogP contribution in [0.5, 0.6) is 0 Å². The van der Waals surface area contributed by atoms with E-state index in [2.05, 4.69) is 15.4 Å². The average Bonchev–Trinajstić information content (AvgIpc) is 1.86. The van der Waals surface area contributed by atoms with Gasteiger partial charge in [-0.15, -0.1) is 10.2 Å². The first-order valence-corrected chi connectivity index (χ1v) is 1.32. The second-order valence-electron chi connectivity index (χ2n) is 0.704. The van der Waals surface area contributed by atoms with Crippen molar-refractivity contribution in [3.63, 3.8) is 0 Å². The van der Waals surface area contributed by atoms with Crippen LogP contribution in [0.4, 0.5) is 0 Å². The van der Waals surface area contributed by atoms with Gasteiger partial charge in [0.05, 0.1) is 0 Å². The van der Waals surface area contributed by atoms with Gasteiger partial charge < -0.3 is 5.21 Å². The second kappa shape index (κ2) is 0.925. The van der Waals surface area contributed by atoms with E-state index >= 15 is 0 Å². The fourth-order valence-electron chi connectivity index (χ4n) is 0.162. The molecule has 0 aromatic carbocycles. The Bertz CT molecular complexity index is 111. The Labute approximate surface area is 33.2 Å². The lowest BCUT2D eigenvalue weighted by Gasteiger charge is -1.71. The minimum Gasteiger partial charge on any atom is -0.395 e. The molecule has 1 N–H and O–H groups in total. The van der Waals surface area contributed by atoms with E-state index in [4.69, 9.17) is 5.21 Å². The van der Waals surface area contributed by atoms with Crippen LogP contribution in [0.15, 0.2) is 6.33 Å². The molecule has 0 radical (unpaired) electrons. The zero-order chi connectivity index (χ0) is 4.41. The van der Waals surface area contributed by atoms with Gasteiger partial charge >= 0.3 is 0 Å². The molecule has 0 unspecified atom stereocenters. The van der Waals surface area contributed by atoms with E-state index in [1.807, 2.05) is 0 Å². The van der Waals surface area contributed by atoms with E-state index in [0.717, 1.165) is 6.33 Å². The third-order valence-electron chi connectivity index (χ3n) is 0.338. The Hall–Kier alpha value is -1.13. The predicted molar refractivity (Wildman–Crippen MR) is 15.0 cm³/mol. The largest absolute Gasteiger partial charge is 0.395 e. The molecule has 0 fully saturated rings. The molecule has 0 saturated carbocycles. The Morgan fingerprint density at radius 3 is 2.67 bits per heavy atom.